The lowest BCUT2D eigenvalue weighted by Gasteiger charge is -2.00. The Labute approximate surface area is 125 Å². The number of benzene rings is 1. The minimum absolute atomic E-state index is 0.183. The summed E-state index contributed by atoms with van der Waals surface area (Å²) < 4.78 is 1.89. The van der Waals surface area contributed by atoms with Crippen molar-refractivity contribution in [2.45, 2.75) is 0 Å². The first kappa shape index (κ1) is 13.2. The van der Waals surface area contributed by atoms with Crippen LogP contribution in [0.4, 0.5) is 0 Å². The van der Waals surface area contributed by atoms with E-state index in [1.807, 2.05) is 18.2 Å². The Bertz CT molecular complexity index is 838. The maximum atomic E-state index is 9.44. The molecule has 104 valence electrons. The van der Waals surface area contributed by atoms with Crippen LogP contribution in [0.5, 0.6) is 5.75 Å². The normalized spacial score (nSPS) is 11.0. The van der Waals surface area contributed by atoms with Gasteiger partial charge in [0.05, 0.1) is 6.21 Å². The van der Waals surface area contributed by atoms with Crippen LogP contribution in [-0.2, 0) is 0 Å². The van der Waals surface area contributed by atoms with Gasteiger partial charge in [0, 0.05) is 18.0 Å². The fourth-order valence-corrected chi connectivity index (χ4v) is 1.99. The first-order chi connectivity index (χ1) is 10.2. The van der Waals surface area contributed by atoms with Crippen molar-refractivity contribution in [3.05, 3.63) is 59.1 Å². The molecule has 0 saturated heterocycles. The summed E-state index contributed by atoms with van der Waals surface area (Å²) in [4.78, 5) is 4.06. The molecule has 2 heterocycles. The highest BCUT2D eigenvalue weighted by Gasteiger charge is 2.07. The molecule has 2 N–H and O–H groups in total. The molecule has 0 atom stereocenters. The van der Waals surface area contributed by atoms with Gasteiger partial charge in [-0.15, -0.1) is 0 Å². The first-order valence-corrected chi connectivity index (χ1v) is 6.56. The Morgan fingerprint density at radius 3 is 2.95 bits per heavy atom. The van der Waals surface area contributed by atoms with Gasteiger partial charge in [-0.3, -0.25) is 4.98 Å². The summed E-state index contributed by atoms with van der Waals surface area (Å²) in [5.74, 6) is 0.756. The van der Waals surface area contributed by atoms with Crippen LogP contribution in [0.2, 0.25) is 0 Å². The Hall–Kier alpha value is -2.80. The lowest BCUT2D eigenvalue weighted by Crippen LogP contribution is -1.95. The number of pyridine rings is 1. The third kappa shape index (κ3) is 2.87. The fraction of sp³-hybridized carbons (Fsp3) is 0. The van der Waals surface area contributed by atoms with E-state index in [9.17, 15) is 5.11 Å². The molecular weight excluding hydrogens is 286 g/mol. The fourth-order valence-electron chi connectivity index (χ4n) is 1.81. The van der Waals surface area contributed by atoms with Crippen molar-refractivity contribution in [2.24, 2.45) is 5.10 Å². The van der Waals surface area contributed by atoms with E-state index in [0.29, 0.717) is 10.6 Å². The van der Waals surface area contributed by atoms with Crippen LogP contribution < -0.4 is 0 Å². The molecule has 2 aromatic heterocycles. The van der Waals surface area contributed by atoms with Gasteiger partial charge in [0.25, 0.3) is 0 Å². The van der Waals surface area contributed by atoms with Crippen LogP contribution in [0.15, 0.2) is 53.9 Å². The third-order valence-electron chi connectivity index (χ3n) is 2.76. The SMILES string of the molecule is Oc1cccc(/C=N\n2c(-c3cccnc3)n[nH]c2=S)c1. The molecule has 6 nitrogen and oxygen atoms in total. The number of hydrogen-bond donors (Lipinski definition) is 2. The molecular formula is C14H11N5OS. The third-order valence-corrected chi connectivity index (χ3v) is 3.03. The van der Waals surface area contributed by atoms with E-state index in [4.69, 9.17) is 12.2 Å². The van der Waals surface area contributed by atoms with Gasteiger partial charge in [-0.25, -0.2) is 5.10 Å². The van der Waals surface area contributed by atoms with E-state index in [2.05, 4.69) is 20.3 Å². The van der Waals surface area contributed by atoms with Crippen molar-refractivity contribution < 1.29 is 5.11 Å². The topological polar surface area (TPSA) is 79.1 Å². The number of H-pyrrole nitrogens is 1. The zero-order valence-corrected chi connectivity index (χ0v) is 11.7. The summed E-state index contributed by atoms with van der Waals surface area (Å²) in [5.41, 5.74) is 1.56. The predicted octanol–water partition coefficient (Wildman–Crippen LogP) is 2.59. The Balaban J connectivity index is 2.00. The summed E-state index contributed by atoms with van der Waals surface area (Å²) in [6.45, 7) is 0. The summed E-state index contributed by atoms with van der Waals surface area (Å²) in [5, 5.41) is 20.6. The lowest BCUT2D eigenvalue weighted by atomic mass is 10.2. The van der Waals surface area contributed by atoms with E-state index >= 15 is 0 Å². The maximum absolute atomic E-state index is 9.44. The smallest absolute Gasteiger partial charge is 0.216 e. The van der Waals surface area contributed by atoms with Crippen molar-refractivity contribution >= 4 is 18.4 Å². The van der Waals surface area contributed by atoms with Crippen LogP contribution in [0, 0.1) is 4.77 Å². The van der Waals surface area contributed by atoms with Gasteiger partial charge in [0.15, 0.2) is 5.82 Å². The molecule has 7 heteroatoms. The Morgan fingerprint density at radius 2 is 2.19 bits per heavy atom. The quantitative estimate of drug-likeness (QED) is 0.575. The molecule has 0 amide bonds. The number of aromatic nitrogens is 4. The standard InChI is InChI=1S/C14H11N5OS/c20-12-5-1-3-10(7-12)8-16-19-13(17-18-14(19)21)11-4-2-6-15-9-11/h1-9,20H,(H,18,21)/b16-8-. The second-order valence-corrected chi connectivity index (χ2v) is 4.63. The number of nitrogens with zero attached hydrogens (tertiary/aromatic N) is 4. The molecule has 0 spiro atoms. The highest BCUT2D eigenvalue weighted by Crippen LogP contribution is 2.15. The molecule has 21 heavy (non-hydrogen) atoms. The van der Waals surface area contributed by atoms with Crippen LogP contribution >= 0.6 is 12.2 Å². The lowest BCUT2D eigenvalue weighted by molar-refractivity contribution is 0.475. The number of aromatic hydroxyl groups is 1. The molecule has 0 radical (unpaired) electrons. The molecule has 0 saturated carbocycles. The van der Waals surface area contributed by atoms with Gasteiger partial charge < -0.3 is 5.11 Å². The van der Waals surface area contributed by atoms with Gasteiger partial charge in [-0.05, 0) is 42.0 Å². The van der Waals surface area contributed by atoms with Crippen molar-refractivity contribution in [3.63, 3.8) is 0 Å². The highest BCUT2D eigenvalue weighted by molar-refractivity contribution is 7.71. The van der Waals surface area contributed by atoms with E-state index in [-0.39, 0.29) is 5.75 Å². The van der Waals surface area contributed by atoms with Crippen LogP contribution in [-0.4, -0.2) is 31.2 Å². The first-order valence-electron chi connectivity index (χ1n) is 6.15. The van der Waals surface area contributed by atoms with E-state index in [1.54, 1.807) is 36.8 Å². The number of nitrogens with one attached hydrogen (secondary N) is 1. The van der Waals surface area contributed by atoms with E-state index in [0.717, 1.165) is 11.1 Å². The minimum Gasteiger partial charge on any atom is -0.508 e. The van der Waals surface area contributed by atoms with E-state index < -0.39 is 0 Å². The predicted molar refractivity (Wildman–Crippen MR) is 81.7 cm³/mol. The van der Waals surface area contributed by atoms with Gasteiger partial charge in [0.2, 0.25) is 4.77 Å². The minimum atomic E-state index is 0.183. The average Bonchev–Trinajstić information content (AvgIpc) is 2.87. The zero-order chi connectivity index (χ0) is 14.7. The van der Waals surface area contributed by atoms with Crippen LogP contribution in [0.3, 0.4) is 0 Å². The molecule has 0 bridgehead atoms. The summed E-state index contributed by atoms with van der Waals surface area (Å²) >= 11 is 5.18. The maximum Gasteiger partial charge on any atom is 0.216 e. The summed E-state index contributed by atoms with van der Waals surface area (Å²) in [6, 6.07) is 10.5. The van der Waals surface area contributed by atoms with Crippen molar-refractivity contribution in [2.75, 3.05) is 0 Å². The molecule has 0 unspecified atom stereocenters. The number of rotatable bonds is 3. The largest absolute Gasteiger partial charge is 0.508 e. The average molecular weight is 297 g/mol. The van der Waals surface area contributed by atoms with Crippen LogP contribution in [0.1, 0.15) is 5.56 Å². The Kier molecular flexibility index (Phi) is 3.57. The second-order valence-electron chi connectivity index (χ2n) is 4.25. The van der Waals surface area contributed by atoms with Gasteiger partial charge in [0.1, 0.15) is 5.75 Å². The molecule has 3 aromatic rings. The second kappa shape index (κ2) is 5.68. The van der Waals surface area contributed by atoms with Crippen LogP contribution in [0.25, 0.3) is 11.4 Å². The zero-order valence-electron chi connectivity index (χ0n) is 10.8. The van der Waals surface area contributed by atoms with E-state index in [1.165, 1.54) is 4.68 Å². The number of phenols is 1. The van der Waals surface area contributed by atoms with Crippen molar-refractivity contribution in [3.8, 4) is 17.1 Å². The Morgan fingerprint density at radius 1 is 1.29 bits per heavy atom. The van der Waals surface area contributed by atoms with Gasteiger partial charge >= 0.3 is 0 Å². The molecule has 0 aliphatic rings. The molecule has 3 rings (SSSR count). The molecule has 0 fully saturated rings. The number of hydrogen-bond acceptors (Lipinski definition) is 5. The van der Waals surface area contributed by atoms with Gasteiger partial charge in [-0.2, -0.15) is 14.9 Å². The number of phenolic OH excluding ortho intramolecular Hbond substituents is 1. The number of aromatic amines is 1. The summed E-state index contributed by atoms with van der Waals surface area (Å²) in [6.07, 6.45) is 4.97. The van der Waals surface area contributed by atoms with Crippen molar-refractivity contribution in [1.29, 1.82) is 0 Å². The van der Waals surface area contributed by atoms with Gasteiger partial charge in [-0.1, -0.05) is 12.1 Å². The molecule has 0 aliphatic carbocycles. The highest BCUT2D eigenvalue weighted by atomic mass is 32.1. The van der Waals surface area contributed by atoms with Crippen molar-refractivity contribution in [1.82, 2.24) is 19.9 Å². The molecule has 0 aliphatic heterocycles. The monoisotopic (exact) mass is 297 g/mol. The molecule has 1 aromatic carbocycles. The summed E-state index contributed by atoms with van der Waals surface area (Å²) in [7, 11) is 0.